The molecular weight excluding hydrogens is 644 g/mol. The highest BCUT2D eigenvalue weighted by molar-refractivity contribution is 7.86. The fourth-order valence-electron chi connectivity index (χ4n) is 6.84. The summed E-state index contributed by atoms with van der Waals surface area (Å²) in [7, 11) is -8.02. The van der Waals surface area contributed by atoms with Crippen LogP contribution in [0.4, 0.5) is 11.4 Å². The van der Waals surface area contributed by atoms with Crippen LogP contribution < -0.4 is 4.90 Å². The molecule has 0 saturated carbocycles. The van der Waals surface area contributed by atoms with Gasteiger partial charge in [0.15, 0.2) is 5.71 Å². The van der Waals surface area contributed by atoms with E-state index in [2.05, 4.69) is 81.3 Å². The summed E-state index contributed by atoms with van der Waals surface area (Å²) < 4.78 is 65.7. The molecular formula is C35H46ClN2O6S2+. The molecule has 250 valence electrons. The predicted octanol–water partition coefficient (Wildman–Crippen LogP) is 7.38. The third-order valence-corrected chi connectivity index (χ3v) is 10.9. The molecule has 0 radical (unpaired) electrons. The summed E-state index contributed by atoms with van der Waals surface area (Å²) in [6.07, 6.45) is 9.72. The van der Waals surface area contributed by atoms with Crippen LogP contribution >= 0.6 is 11.6 Å². The van der Waals surface area contributed by atoms with E-state index >= 15 is 0 Å². The highest BCUT2D eigenvalue weighted by Gasteiger charge is 2.45. The molecule has 8 nitrogen and oxygen atoms in total. The molecule has 0 atom stereocenters. The lowest BCUT2D eigenvalue weighted by atomic mass is 9.79. The molecule has 2 aromatic rings. The lowest BCUT2D eigenvalue weighted by Crippen LogP contribution is -2.28. The summed E-state index contributed by atoms with van der Waals surface area (Å²) in [5.41, 5.74) is 8.37. The molecule has 4 rings (SSSR count). The fraction of sp³-hybridized carbons (Fsp3) is 0.457. The van der Waals surface area contributed by atoms with Gasteiger partial charge in [-0.2, -0.15) is 21.4 Å². The van der Waals surface area contributed by atoms with Crippen molar-refractivity contribution in [2.75, 3.05) is 29.5 Å². The Bertz CT molecular complexity index is 1840. The lowest BCUT2D eigenvalue weighted by Gasteiger charge is -2.27. The molecule has 2 N–H and O–H groups in total. The monoisotopic (exact) mass is 689 g/mol. The van der Waals surface area contributed by atoms with Gasteiger partial charge in [0.05, 0.1) is 16.9 Å². The lowest BCUT2D eigenvalue weighted by molar-refractivity contribution is -0.438. The zero-order valence-electron chi connectivity index (χ0n) is 27.5. The Hall–Kier alpha value is -2.76. The molecule has 0 fully saturated rings. The van der Waals surface area contributed by atoms with Crippen molar-refractivity contribution in [3.63, 3.8) is 0 Å². The fourth-order valence-corrected chi connectivity index (χ4v) is 8.10. The summed E-state index contributed by atoms with van der Waals surface area (Å²) in [5, 5.41) is 0.532. The summed E-state index contributed by atoms with van der Waals surface area (Å²) in [6.45, 7) is 14.0. The maximum absolute atomic E-state index is 11.3. The van der Waals surface area contributed by atoms with Gasteiger partial charge < -0.3 is 4.90 Å². The third kappa shape index (κ3) is 8.20. The number of nitrogens with zero attached hydrogens (tertiary/aromatic N) is 2. The number of aryl methyl sites for hydroxylation is 2. The number of rotatable bonds is 13. The van der Waals surface area contributed by atoms with Crippen molar-refractivity contribution in [2.45, 2.75) is 78.1 Å². The zero-order chi connectivity index (χ0) is 34.1. The molecule has 2 aromatic carbocycles. The molecule has 2 aliphatic heterocycles. The minimum Gasteiger partial charge on any atom is -0.344 e. The largest absolute Gasteiger partial charge is 0.344 e. The second-order valence-corrected chi connectivity index (χ2v) is 16.9. The van der Waals surface area contributed by atoms with Crippen LogP contribution in [0.1, 0.15) is 75.6 Å². The Balaban J connectivity index is 1.65. The van der Waals surface area contributed by atoms with Gasteiger partial charge in [0.2, 0.25) is 5.69 Å². The minimum absolute atomic E-state index is 0.267. The number of hydrogen-bond acceptors (Lipinski definition) is 5. The Morgan fingerprint density at radius 2 is 1.57 bits per heavy atom. The Kier molecular flexibility index (Phi) is 10.8. The van der Waals surface area contributed by atoms with Gasteiger partial charge >= 0.3 is 0 Å². The highest BCUT2D eigenvalue weighted by Crippen LogP contribution is 2.48. The first-order valence-electron chi connectivity index (χ1n) is 15.6. The summed E-state index contributed by atoms with van der Waals surface area (Å²) >= 11 is 6.84. The number of fused-ring (bicyclic) bond motifs is 2. The number of unbranched alkanes of at least 4 members (excludes halogenated alkanes) is 2. The molecule has 0 aromatic heterocycles. The smallest absolute Gasteiger partial charge is 0.264 e. The minimum atomic E-state index is -4.01. The summed E-state index contributed by atoms with van der Waals surface area (Å²) in [6, 6.07) is 12.6. The van der Waals surface area contributed by atoms with E-state index in [9.17, 15) is 25.9 Å². The van der Waals surface area contributed by atoms with Gasteiger partial charge in [-0.25, -0.2) is 0 Å². The highest BCUT2D eigenvalue weighted by atomic mass is 35.5. The first kappa shape index (κ1) is 36.1. The predicted molar refractivity (Wildman–Crippen MR) is 188 cm³/mol. The van der Waals surface area contributed by atoms with Crippen molar-refractivity contribution in [1.82, 2.24) is 0 Å². The van der Waals surface area contributed by atoms with Crippen LogP contribution in [0, 0.1) is 13.8 Å². The average molecular weight is 690 g/mol. The van der Waals surface area contributed by atoms with Gasteiger partial charge in [0.1, 0.15) is 6.54 Å². The molecule has 46 heavy (non-hydrogen) atoms. The summed E-state index contributed by atoms with van der Waals surface area (Å²) in [4.78, 5) is 2.21. The van der Waals surface area contributed by atoms with Crippen LogP contribution in [0.15, 0.2) is 71.4 Å². The van der Waals surface area contributed by atoms with Crippen molar-refractivity contribution in [1.29, 1.82) is 0 Å². The summed E-state index contributed by atoms with van der Waals surface area (Å²) in [5.74, 6) is -0.534. The van der Waals surface area contributed by atoms with Crippen molar-refractivity contribution >= 4 is 48.9 Å². The standard InChI is InChI=1S/C35H45ClN2O6S2/c1-25-14-17-29-28(24-25)34(3,4)31(37(29)20-7-9-22-45(39,40)41)18-15-27(36)16-19-32-35(5,6)33-26(2)12-11-13-30(33)38(32)21-8-10-23-46(42,43)44/h11-19,24H,7-10,20-23H2,1-6H3,(H-,39,40,41,42,43,44)/p+1. The van der Waals surface area contributed by atoms with Crippen molar-refractivity contribution in [3.05, 3.63) is 93.7 Å². The quantitative estimate of drug-likeness (QED) is 0.0976. The van der Waals surface area contributed by atoms with Gasteiger partial charge in [-0.05, 0) is 82.4 Å². The molecule has 0 unspecified atom stereocenters. The van der Waals surface area contributed by atoms with Crippen LogP contribution in [-0.4, -0.2) is 60.8 Å². The number of anilines is 1. The maximum atomic E-state index is 11.3. The van der Waals surface area contributed by atoms with Gasteiger partial charge in [-0.3, -0.25) is 9.11 Å². The second kappa shape index (κ2) is 13.8. The topological polar surface area (TPSA) is 115 Å². The van der Waals surface area contributed by atoms with Crippen molar-refractivity contribution in [3.8, 4) is 0 Å². The van der Waals surface area contributed by atoms with E-state index in [1.165, 1.54) is 16.7 Å². The van der Waals surface area contributed by atoms with E-state index < -0.39 is 20.2 Å². The molecule has 11 heteroatoms. The van der Waals surface area contributed by atoms with Crippen molar-refractivity contribution in [2.24, 2.45) is 0 Å². The number of benzene rings is 2. The van der Waals surface area contributed by atoms with Crippen LogP contribution in [0.2, 0.25) is 0 Å². The normalized spacial score (nSPS) is 18.6. The van der Waals surface area contributed by atoms with Gasteiger partial charge in [-0.15, -0.1) is 0 Å². The zero-order valence-corrected chi connectivity index (χ0v) is 29.9. The van der Waals surface area contributed by atoms with E-state index in [0.717, 1.165) is 28.3 Å². The van der Waals surface area contributed by atoms with E-state index in [1.54, 1.807) is 0 Å². The molecule has 0 aliphatic carbocycles. The second-order valence-electron chi connectivity index (χ2n) is 13.4. The molecule has 0 spiro atoms. The molecule has 0 bridgehead atoms. The van der Waals surface area contributed by atoms with Gasteiger partial charge in [-0.1, -0.05) is 55.3 Å². The SMILES string of the molecule is Cc1ccc2c(c1)C(C)(C)\C(=C/C=C(Cl)/C=C/C1=[N+](CCCCS(=O)(=O)O)c3cccc(C)c3C1(C)C)N2CCCCS(=O)(=O)O. The molecule has 0 saturated heterocycles. The van der Waals surface area contributed by atoms with Crippen LogP contribution in [-0.2, 0) is 31.1 Å². The number of allylic oxidation sites excluding steroid dienone is 6. The first-order valence-corrected chi connectivity index (χ1v) is 19.2. The Morgan fingerprint density at radius 3 is 2.22 bits per heavy atom. The van der Waals surface area contributed by atoms with E-state index in [0.29, 0.717) is 43.8 Å². The van der Waals surface area contributed by atoms with E-state index in [-0.39, 0.29) is 22.3 Å². The van der Waals surface area contributed by atoms with E-state index in [4.69, 9.17) is 11.6 Å². The maximum Gasteiger partial charge on any atom is 0.264 e. The van der Waals surface area contributed by atoms with Crippen LogP contribution in [0.25, 0.3) is 0 Å². The molecule has 2 heterocycles. The van der Waals surface area contributed by atoms with Gasteiger partial charge in [0.25, 0.3) is 20.2 Å². The van der Waals surface area contributed by atoms with Crippen LogP contribution in [0.5, 0.6) is 0 Å². The Labute approximate surface area is 279 Å². The van der Waals surface area contributed by atoms with Gasteiger partial charge in [0, 0.05) is 52.5 Å². The number of halogens is 1. The molecule has 2 aliphatic rings. The van der Waals surface area contributed by atoms with Crippen LogP contribution in [0.3, 0.4) is 0 Å². The van der Waals surface area contributed by atoms with E-state index in [1.807, 2.05) is 30.4 Å². The Morgan fingerprint density at radius 1 is 0.913 bits per heavy atom. The molecule has 0 amide bonds. The number of hydrogen-bond donors (Lipinski definition) is 2. The average Bonchev–Trinajstić information content (AvgIpc) is 3.28. The first-order chi connectivity index (χ1) is 21.3. The van der Waals surface area contributed by atoms with Crippen molar-refractivity contribution < 1.29 is 30.5 Å². The third-order valence-electron chi connectivity index (χ3n) is 9.01.